The fraction of sp³-hybridized carbons (Fsp3) is 0.0833. The van der Waals surface area contributed by atoms with Gasteiger partial charge in [0.2, 0.25) is 0 Å². The van der Waals surface area contributed by atoms with Crippen molar-refractivity contribution < 1.29 is 0 Å². The SMILES string of the molecule is Clc1ccc(NCc2ccncc2)cc1. The van der Waals surface area contributed by atoms with Crippen molar-refractivity contribution in [3.05, 3.63) is 59.4 Å². The molecule has 0 saturated carbocycles. The Hall–Kier alpha value is -1.54. The zero-order valence-corrected chi connectivity index (χ0v) is 8.91. The second-order valence-electron chi connectivity index (χ2n) is 3.22. The van der Waals surface area contributed by atoms with Gasteiger partial charge in [-0.2, -0.15) is 0 Å². The van der Waals surface area contributed by atoms with E-state index in [4.69, 9.17) is 11.6 Å². The van der Waals surface area contributed by atoms with E-state index in [1.165, 1.54) is 5.56 Å². The molecule has 0 radical (unpaired) electrons. The Bertz CT molecular complexity index is 411. The smallest absolute Gasteiger partial charge is 0.0407 e. The first-order valence-corrected chi connectivity index (χ1v) is 5.11. The zero-order chi connectivity index (χ0) is 10.5. The van der Waals surface area contributed by atoms with Crippen LogP contribution in [0.15, 0.2) is 48.8 Å². The Labute approximate surface area is 93.9 Å². The first kappa shape index (κ1) is 9.99. The molecule has 0 aliphatic heterocycles. The maximum atomic E-state index is 5.79. The van der Waals surface area contributed by atoms with Gasteiger partial charge in [-0.15, -0.1) is 0 Å². The molecule has 3 heteroatoms. The molecule has 0 fully saturated rings. The summed E-state index contributed by atoms with van der Waals surface area (Å²) < 4.78 is 0. The summed E-state index contributed by atoms with van der Waals surface area (Å²) in [5, 5.41) is 4.06. The Morgan fingerprint density at radius 2 is 1.67 bits per heavy atom. The van der Waals surface area contributed by atoms with Crippen LogP contribution in [-0.4, -0.2) is 4.98 Å². The van der Waals surface area contributed by atoms with Gasteiger partial charge in [-0.1, -0.05) is 11.6 Å². The minimum absolute atomic E-state index is 0.754. The number of benzene rings is 1. The summed E-state index contributed by atoms with van der Waals surface area (Å²) in [4.78, 5) is 3.97. The van der Waals surface area contributed by atoms with Gasteiger partial charge in [0.15, 0.2) is 0 Å². The number of halogens is 1. The number of nitrogens with one attached hydrogen (secondary N) is 1. The van der Waals surface area contributed by atoms with Crippen molar-refractivity contribution in [2.45, 2.75) is 6.54 Å². The molecule has 0 bridgehead atoms. The van der Waals surface area contributed by atoms with Crippen LogP contribution in [0.4, 0.5) is 5.69 Å². The number of rotatable bonds is 3. The Kier molecular flexibility index (Phi) is 3.20. The minimum atomic E-state index is 0.754. The van der Waals surface area contributed by atoms with Gasteiger partial charge in [-0.3, -0.25) is 4.98 Å². The molecule has 2 nitrogen and oxygen atoms in total. The van der Waals surface area contributed by atoms with Gasteiger partial charge in [0.1, 0.15) is 0 Å². The van der Waals surface area contributed by atoms with Crippen molar-refractivity contribution >= 4 is 17.3 Å². The maximum absolute atomic E-state index is 5.79. The highest BCUT2D eigenvalue weighted by atomic mass is 35.5. The lowest BCUT2D eigenvalue weighted by atomic mass is 10.2. The summed E-state index contributed by atoms with van der Waals surface area (Å²) >= 11 is 5.79. The molecule has 0 atom stereocenters. The van der Waals surface area contributed by atoms with Gasteiger partial charge in [-0.05, 0) is 42.0 Å². The van der Waals surface area contributed by atoms with E-state index in [2.05, 4.69) is 10.3 Å². The van der Waals surface area contributed by atoms with Crippen LogP contribution in [0.3, 0.4) is 0 Å². The molecule has 2 aromatic rings. The highest BCUT2D eigenvalue weighted by Gasteiger charge is 1.93. The van der Waals surface area contributed by atoms with Gasteiger partial charge in [0, 0.05) is 29.6 Å². The summed E-state index contributed by atoms with van der Waals surface area (Å²) in [6.07, 6.45) is 3.58. The molecule has 1 N–H and O–H groups in total. The van der Waals surface area contributed by atoms with Crippen molar-refractivity contribution in [1.82, 2.24) is 4.98 Å². The lowest BCUT2D eigenvalue weighted by Crippen LogP contribution is -1.98. The largest absolute Gasteiger partial charge is 0.381 e. The first-order chi connectivity index (χ1) is 7.34. The Morgan fingerprint density at radius 3 is 2.33 bits per heavy atom. The van der Waals surface area contributed by atoms with Gasteiger partial charge in [-0.25, -0.2) is 0 Å². The molecule has 76 valence electrons. The quantitative estimate of drug-likeness (QED) is 0.855. The van der Waals surface area contributed by atoms with Gasteiger partial charge >= 0.3 is 0 Å². The molecule has 0 saturated heterocycles. The van der Waals surface area contributed by atoms with E-state index in [0.29, 0.717) is 0 Å². The van der Waals surface area contributed by atoms with Crippen LogP contribution in [0, 0.1) is 0 Å². The number of pyridine rings is 1. The monoisotopic (exact) mass is 218 g/mol. The number of hydrogen-bond acceptors (Lipinski definition) is 2. The molecule has 15 heavy (non-hydrogen) atoms. The van der Waals surface area contributed by atoms with E-state index in [1.807, 2.05) is 36.4 Å². The highest BCUT2D eigenvalue weighted by Crippen LogP contribution is 2.14. The summed E-state index contributed by atoms with van der Waals surface area (Å²) in [6, 6.07) is 11.6. The maximum Gasteiger partial charge on any atom is 0.0407 e. The molecule has 1 aromatic carbocycles. The van der Waals surface area contributed by atoms with Gasteiger partial charge < -0.3 is 5.32 Å². The number of nitrogens with zero attached hydrogens (tertiary/aromatic N) is 1. The molecule has 1 heterocycles. The second kappa shape index (κ2) is 4.80. The van der Waals surface area contributed by atoms with Crippen LogP contribution < -0.4 is 5.32 Å². The van der Waals surface area contributed by atoms with Crippen LogP contribution >= 0.6 is 11.6 Å². The molecule has 0 spiro atoms. The molecule has 0 aliphatic carbocycles. The summed E-state index contributed by atoms with van der Waals surface area (Å²) in [5.41, 5.74) is 2.27. The topological polar surface area (TPSA) is 24.9 Å². The van der Waals surface area contributed by atoms with E-state index in [-0.39, 0.29) is 0 Å². The average molecular weight is 219 g/mol. The summed E-state index contributed by atoms with van der Waals surface area (Å²) in [5.74, 6) is 0. The second-order valence-corrected chi connectivity index (χ2v) is 3.65. The lowest BCUT2D eigenvalue weighted by molar-refractivity contribution is 1.13. The van der Waals surface area contributed by atoms with E-state index in [9.17, 15) is 0 Å². The van der Waals surface area contributed by atoms with Gasteiger partial charge in [0.25, 0.3) is 0 Å². The minimum Gasteiger partial charge on any atom is -0.381 e. The molecule has 0 unspecified atom stereocenters. The normalized spacial score (nSPS) is 9.93. The number of aromatic nitrogens is 1. The Morgan fingerprint density at radius 1 is 1.00 bits per heavy atom. The molecular weight excluding hydrogens is 208 g/mol. The molecule has 0 amide bonds. The van der Waals surface area contributed by atoms with Crippen LogP contribution in [-0.2, 0) is 6.54 Å². The average Bonchev–Trinajstić information content (AvgIpc) is 2.30. The van der Waals surface area contributed by atoms with E-state index >= 15 is 0 Å². The number of hydrogen-bond donors (Lipinski definition) is 1. The van der Waals surface area contributed by atoms with Crippen molar-refractivity contribution in [1.29, 1.82) is 0 Å². The first-order valence-electron chi connectivity index (χ1n) is 4.73. The van der Waals surface area contributed by atoms with Crippen molar-refractivity contribution in [2.75, 3.05) is 5.32 Å². The molecular formula is C12H11ClN2. The van der Waals surface area contributed by atoms with E-state index < -0.39 is 0 Å². The van der Waals surface area contributed by atoms with Gasteiger partial charge in [0.05, 0.1) is 0 Å². The Balaban J connectivity index is 1.96. The van der Waals surface area contributed by atoms with Crippen molar-refractivity contribution in [3.63, 3.8) is 0 Å². The van der Waals surface area contributed by atoms with Crippen LogP contribution in [0.1, 0.15) is 5.56 Å². The molecule has 1 aromatic heterocycles. The van der Waals surface area contributed by atoms with Crippen LogP contribution in [0.2, 0.25) is 5.02 Å². The molecule has 0 aliphatic rings. The summed E-state index contributed by atoms with van der Waals surface area (Å²) in [6.45, 7) is 0.796. The fourth-order valence-electron chi connectivity index (χ4n) is 1.27. The molecule has 2 rings (SSSR count). The van der Waals surface area contributed by atoms with Crippen LogP contribution in [0.5, 0.6) is 0 Å². The highest BCUT2D eigenvalue weighted by molar-refractivity contribution is 6.30. The number of anilines is 1. The standard InChI is InChI=1S/C12H11ClN2/c13-11-1-3-12(4-2-11)15-9-10-5-7-14-8-6-10/h1-8,15H,9H2. The lowest BCUT2D eigenvalue weighted by Gasteiger charge is -2.05. The predicted molar refractivity (Wildman–Crippen MR) is 63.0 cm³/mol. The third-order valence-electron chi connectivity index (χ3n) is 2.09. The van der Waals surface area contributed by atoms with Crippen molar-refractivity contribution in [2.24, 2.45) is 0 Å². The van der Waals surface area contributed by atoms with Crippen LogP contribution in [0.25, 0.3) is 0 Å². The third-order valence-corrected chi connectivity index (χ3v) is 2.34. The zero-order valence-electron chi connectivity index (χ0n) is 8.15. The predicted octanol–water partition coefficient (Wildman–Crippen LogP) is 3.35. The van der Waals surface area contributed by atoms with E-state index in [0.717, 1.165) is 17.3 Å². The fourth-order valence-corrected chi connectivity index (χ4v) is 1.40. The van der Waals surface area contributed by atoms with E-state index in [1.54, 1.807) is 12.4 Å². The van der Waals surface area contributed by atoms with Crippen molar-refractivity contribution in [3.8, 4) is 0 Å². The summed E-state index contributed by atoms with van der Waals surface area (Å²) in [7, 11) is 0. The third kappa shape index (κ3) is 2.96.